The van der Waals surface area contributed by atoms with Gasteiger partial charge in [-0.3, -0.25) is 0 Å². The molecule has 0 amide bonds. The smallest absolute Gasteiger partial charge is 0.187 e. The highest BCUT2D eigenvalue weighted by Crippen LogP contribution is 2.31. The van der Waals surface area contributed by atoms with Gasteiger partial charge in [-0.1, -0.05) is 0 Å². The van der Waals surface area contributed by atoms with E-state index in [1.54, 1.807) is 0 Å². The predicted molar refractivity (Wildman–Crippen MR) is 71.9 cm³/mol. The van der Waals surface area contributed by atoms with Gasteiger partial charge in [-0.05, 0) is 6.42 Å². The average Bonchev–Trinajstić information content (AvgIpc) is 2.55. The molecule has 2 fully saturated rings. The predicted octanol–water partition coefficient (Wildman–Crippen LogP) is -4.73. The van der Waals surface area contributed by atoms with Crippen LogP contribution in [0.1, 0.15) is 6.42 Å². The third-order valence-electron chi connectivity index (χ3n) is 4.49. The molecule has 23 heavy (non-hydrogen) atoms. The summed E-state index contributed by atoms with van der Waals surface area (Å²) in [6.45, 7) is -1.07. The Hall–Kier alpha value is -0.400. The van der Waals surface area contributed by atoms with E-state index >= 15 is 0 Å². The Bertz CT molecular complexity index is 344. The molecular formula is C13H24O10. The minimum atomic E-state index is -1.64. The van der Waals surface area contributed by atoms with Crippen LogP contribution in [-0.2, 0) is 9.47 Å². The van der Waals surface area contributed by atoms with Gasteiger partial charge in [0.05, 0.1) is 18.8 Å². The van der Waals surface area contributed by atoms with Crippen LogP contribution >= 0.6 is 0 Å². The van der Waals surface area contributed by atoms with E-state index in [9.17, 15) is 35.7 Å². The summed E-state index contributed by atoms with van der Waals surface area (Å²) in [7, 11) is 0. The topological polar surface area (TPSA) is 180 Å². The standard InChI is InChI=1S/C13H24O10/c14-2-4-1-5(8(17)10(19)7(4)16)22-13-12(21)11(20)9(18)6(3-15)23-13/h4-21H,1-3H2/t4?,5-,6?,7-,8?,9-,10?,11+,12?,13-/m1/s1. The van der Waals surface area contributed by atoms with Crippen LogP contribution in [0.25, 0.3) is 0 Å². The van der Waals surface area contributed by atoms with E-state index in [0.29, 0.717) is 0 Å². The lowest BCUT2D eigenvalue weighted by molar-refractivity contribution is -0.326. The number of aliphatic hydroxyl groups excluding tert-OH is 8. The molecule has 5 unspecified atom stereocenters. The van der Waals surface area contributed by atoms with Crippen LogP contribution in [0.5, 0.6) is 0 Å². The summed E-state index contributed by atoms with van der Waals surface area (Å²) in [5, 5.41) is 77.1. The van der Waals surface area contributed by atoms with Gasteiger partial charge in [0.15, 0.2) is 6.29 Å². The van der Waals surface area contributed by atoms with Crippen molar-refractivity contribution in [1.29, 1.82) is 0 Å². The van der Waals surface area contributed by atoms with Crippen molar-refractivity contribution in [2.24, 2.45) is 5.92 Å². The van der Waals surface area contributed by atoms with E-state index in [4.69, 9.17) is 14.6 Å². The first-order chi connectivity index (χ1) is 10.8. The molecule has 0 aromatic rings. The van der Waals surface area contributed by atoms with Crippen LogP contribution in [0.2, 0.25) is 0 Å². The Morgan fingerprint density at radius 1 is 0.739 bits per heavy atom. The van der Waals surface area contributed by atoms with Crippen LogP contribution in [0.15, 0.2) is 0 Å². The number of aliphatic hydroxyl groups is 8. The molecule has 8 N–H and O–H groups in total. The molecular weight excluding hydrogens is 316 g/mol. The zero-order chi connectivity index (χ0) is 17.3. The van der Waals surface area contributed by atoms with Crippen molar-refractivity contribution in [2.75, 3.05) is 13.2 Å². The first-order valence-corrected chi connectivity index (χ1v) is 7.42. The van der Waals surface area contributed by atoms with Gasteiger partial charge in [0.25, 0.3) is 0 Å². The maximum atomic E-state index is 9.96. The lowest BCUT2D eigenvalue weighted by Gasteiger charge is -2.44. The molecule has 0 spiro atoms. The highest BCUT2D eigenvalue weighted by atomic mass is 16.7. The van der Waals surface area contributed by atoms with Crippen LogP contribution < -0.4 is 0 Å². The van der Waals surface area contributed by atoms with Gasteiger partial charge in [-0.15, -0.1) is 0 Å². The Morgan fingerprint density at radius 3 is 1.91 bits per heavy atom. The van der Waals surface area contributed by atoms with Gasteiger partial charge < -0.3 is 50.3 Å². The molecule has 10 heteroatoms. The Kier molecular flexibility index (Phi) is 6.30. The van der Waals surface area contributed by atoms with E-state index < -0.39 is 74.3 Å². The first-order valence-electron chi connectivity index (χ1n) is 7.42. The fourth-order valence-electron chi connectivity index (χ4n) is 2.95. The van der Waals surface area contributed by atoms with Crippen molar-refractivity contribution in [2.45, 2.75) is 61.5 Å². The highest BCUT2D eigenvalue weighted by molar-refractivity contribution is 4.95. The molecule has 0 bridgehead atoms. The maximum absolute atomic E-state index is 9.96. The normalized spacial score (nSPS) is 51.7. The summed E-state index contributed by atoms with van der Waals surface area (Å²) >= 11 is 0. The van der Waals surface area contributed by atoms with Crippen molar-refractivity contribution >= 4 is 0 Å². The summed E-state index contributed by atoms with van der Waals surface area (Å²) in [6.07, 6.45) is -12.9. The quantitative estimate of drug-likeness (QED) is 0.247. The minimum absolute atomic E-state index is 0.0229. The zero-order valence-electron chi connectivity index (χ0n) is 12.3. The number of hydrogen-bond donors (Lipinski definition) is 8. The summed E-state index contributed by atoms with van der Waals surface area (Å²) in [5.74, 6) is -0.747. The second-order valence-corrected chi connectivity index (χ2v) is 6.02. The second kappa shape index (κ2) is 7.66. The molecule has 1 saturated carbocycles. The van der Waals surface area contributed by atoms with E-state index in [0.717, 1.165) is 0 Å². The third-order valence-corrected chi connectivity index (χ3v) is 4.49. The summed E-state index contributed by atoms with van der Waals surface area (Å²) in [5.41, 5.74) is 0. The van der Waals surface area contributed by atoms with Gasteiger partial charge in [0, 0.05) is 12.5 Å². The summed E-state index contributed by atoms with van der Waals surface area (Å²) in [4.78, 5) is 0. The third kappa shape index (κ3) is 3.66. The highest BCUT2D eigenvalue weighted by Gasteiger charge is 2.48. The van der Waals surface area contributed by atoms with Crippen LogP contribution in [0.3, 0.4) is 0 Å². The van der Waals surface area contributed by atoms with Crippen molar-refractivity contribution in [3.8, 4) is 0 Å². The van der Waals surface area contributed by atoms with E-state index in [-0.39, 0.29) is 6.42 Å². The van der Waals surface area contributed by atoms with Gasteiger partial charge in [-0.25, -0.2) is 0 Å². The molecule has 1 saturated heterocycles. The van der Waals surface area contributed by atoms with Crippen LogP contribution in [0, 0.1) is 5.92 Å². The molecule has 0 aromatic carbocycles. The number of ether oxygens (including phenoxy) is 2. The number of rotatable bonds is 4. The van der Waals surface area contributed by atoms with Gasteiger partial charge in [0.1, 0.15) is 36.6 Å². The molecule has 0 radical (unpaired) electrons. The maximum Gasteiger partial charge on any atom is 0.187 e. The first kappa shape index (κ1) is 18.9. The molecule has 136 valence electrons. The fraction of sp³-hybridized carbons (Fsp3) is 1.00. The Balaban J connectivity index is 2.07. The SMILES string of the molecule is OCC1C[C@@H](O[C@@H]2OC(CO)[C@@H](O)[C@H](O)C2O)C(O)C(O)[C@@H]1O. The molecule has 1 heterocycles. The van der Waals surface area contributed by atoms with Crippen molar-refractivity contribution in [3.63, 3.8) is 0 Å². The van der Waals surface area contributed by atoms with Gasteiger partial charge in [-0.2, -0.15) is 0 Å². The van der Waals surface area contributed by atoms with Crippen molar-refractivity contribution < 1.29 is 50.3 Å². The lowest BCUT2D eigenvalue weighted by atomic mass is 9.81. The van der Waals surface area contributed by atoms with Crippen LogP contribution in [-0.4, -0.2) is 109 Å². The average molecular weight is 340 g/mol. The largest absolute Gasteiger partial charge is 0.396 e. The van der Waals surface area contributed by atoms with Gasteiger partial charge in [0.2, 0.25) is 0 Å². The monoisotopic (exact) mass is 340 g/mol. The molecule has 2 rings (SSSR count). The minimum Gasteiger partial charge on any atom is -0.396 e. The van der Waals surface area contributed by atoms with Crippen LogP contribution in [0.4, 0.5) is 0 Å². The van der Waals surface area contributed by atoms with E-state index in [2.05, 4.69) is 0 Å². The molecule has 10 atom stereocenters. The second-order valence-electron chi connectivity index (χ2n) is 6.02. The fourth-order valence-corrected chi connectivity index (χ4v) is 2.95. The molecule has 2 aliphatic rings. The Labute approximate surface area is 132 Å². The lowest BCUT2D eigenvalue weighted by Crippen LogP contribution is -2.62. The summed E-state index contributed by atoms with van der Waals surface area (Å²) < 4.78 is 10.5. The van der Waals surface area contributed by atoms with Crippen molar-refractivity contribution in [3.05, 3.63) is 0 Å². The molecule has 1 aliphatic carbocycles. The van der Waals surface area contributed by atoms with E-state index in [1.165, 1.54) is 0 Å². The number of hydrogen-bond acceptors (Lipinski definition) is 10. The summed E-state index contributed by atoms with van der Waals surface area (Å²) in [6, 6.07) is 0. The van der Waals surface area contributed by atoms with E-state index in [1.807, 2.05) is 0 Å². The molecule has 1 aliphatic heterocycles. The molecule has 0 aromatic heterocycles. The zero-order valence-corrected chi connectivity index (χ0v) is 12.3. The Morgan fingerprint density at radius 2 is 1.35 bits per heavy atom. The molecule has 10 nitrogen and oxygen atoms in total. The van der Waals surface area contributed by atoms with Crippen molar-refractivity contribution in [1.82, 2.24) is 0 Å². The van der Waals surface area contributed by atoms with Gasteiger partial charge >= 0.3 is 0 Å².